The lowest BCUT2D eigenvalue weighted by molar-refractivity contribution is 0.121. The Balaban J connectivity index is 2.81. The smallest absolute Gasteiger partial charge is 0.212 e. The summed E-state index contributed by atoms with van der Waals surface area (Å²) >= 11 is 3.09. The average Bonchev–Trinajstić information content (AvgIpc) is 2.38. The molecule has 0 saturated heterocycles. The summed E-state index contributed by atoms with van der Waals surface area (Å²) in [6.45, 7) is 1.07. The van der Waals surface area contributed by atoms with Crippen LogP contribution in [0.2, 0.25) is 0 Å². The first-order valence-electron chi connectivity index (χ1n) is 6.23. The molecule has 1 unspecified atom stereocenters. The number of nitrogens with zero attached hydrogens (tertiary/aromatic N) is 1. The van der Waals surface area contributed by atoms with Crippen molar-refractivity contribution in [3.63, 3.8) is 0 Å². The maximum Gasteiger partial charge on any atom is 0.252 e. The van der Waals surface area contributed by atoms with Crippen LogP contribution in [0.1, 0.15) is 18.4 Å². The zero-order valence-electron chi connectivity index (χ0n) is 11.2. The SMILES string of the molecule is CC(CS(=O)(=O)N(CCBr)CC(F)F)c1ccccc1. The molecule has 0 radical (unpaired) electrons. The topological polar surface area (TPSA) is 37.4 Å². The highest BCUT2D eigenvalue weighted by Gasteiger charge is 2.27. The first-order valence-corrected chi connectivity index (χ1v) is 8.96. The standard InChI is InChI=1S/C13H18BrF2NO2S/c1-11(12-5-3-2-4-6-12)10-20(18,19)17(8-7-14)9-13(15)16/h2-6,11,13H,7-10H2,1H3. The van der Waals surface area contributed by atoms with Gasteiger partial charge in [-0.25, -0.2) is 17.2 Å². The van der Waals surface area contributed by atoms with E-state index >= 15 is 0 Å². The van der Waals surface area contributed by atoms with Crippen LogP contribution in [-0.2, 0) is 10.0 Å². The molecule has 3 nitrogen and oxygen atoms in total. The normalized spacial score (nSPS) is 13.9. The molecule has 0 aliphatic rings. The lowest BCUT2D eigenvalue weighted by Gasteiger charge is -2.23. The molecule has 0 aliphatic carbocycles. The van der Waals surface area contributed by atoms with Crippen LogP contribution in [0.4, 0.5) is 8.78 Å². The molecule has 0 fully saturated rings. The number of rotatable bonds is 8. The minimum absolute atomic E-state index is 0.0498. The molecule has 20 heavy (non-hydrogen) atoms. The summed E-state index contributed by atoms with van der Waals surface area (Å²) in [6.07, 6.45) is -2.67. The van der Waals surface area contributed by atoms with Gasteiger partial charge in [0.1, 0.15) is 0 Å². The van der Waals surface area contributed by atoms with Crippen LogP contribution in [0.3, 0.4) is 0 Å². The number of hydrogen-bond donors (Lipinski definition) is 0. The summed E-state index contributed by atoms with van der Waals surface area (Å²) in [5.74, 6) is -0.409. The Morgan fingerprint density at radius 2 is 1.85 bits per heavy atom. The van der Waals surface area contributed by atoms with Gasteiger partial charge in [-0.2, -0.15) is 4.31 Å². The Bertz CT molecular complexity index is 496. The van der Waals surface area contributed by atoms with Crippen molar-refractivity contribution < 1.29 is 17.2 Å². The summed E-state index contributed by atoms with van der Waals surface area (Å²) in [5.41, 5.74) is 0.881. The van der Waals surface area contributed by atoms with E-state index in [0.29, 0.717) is 5.33 Å². The Kier molecular flexibility index (Phi) is 7.05. The molecule has 114 valence electrons. The van der Waals surface area contributed by atoms with E-state index in [2.05, 4.69) is 15.9 Å². The van der Waals surface area contributed by atoms with Gasteiger partial charge in [0.25, 0.3) is 6.43 Å². The molecule has 0 amide bonds. The number of sulfonamides is 1. The van der Waals surface area contributed by atoms with E-state index in [9.17, 15) is 17.2 Å². The third-order valence-corrected chi connectivity index (χ3v) is 5.29. The molecule has 0 N–H and O–H groups in total. The summed E-state index contributed by atoms with van der Waals surface area (Å²) in [6, 6.07) is 9.17. The van der Waals surface area contributed by atoms with Gasteiger partial charge in [0.2, 0.25) is 10.0 Å². The molecule has 0 saturated carbocycles. The Hall–Kier alpha value is -0.530. The van der Waals surface area contributed by atoms with E-state index in [4.69, 9.17) is 0 Å². The van der Waals surface area contributed by atoms with Gasteiger partial charge < -0.3 is 0 Å². The second-order valence-corrected chi connectivity index (χ2v) is 7.33. The monoisotopic (exact) mass is 369 g/mol. The quantitative estimate of drug-likeness (QED) is 0.660. The molecule has 1 aromatic carbocycles. The summed E-state index contributed by atoms with van der Waals surface area (Å²) < 4.78 is 50.2. The number of halogens is 3. The lowest BCUT2D eigenvalue weighted by atomic mass is 10.0. The Labute approximate surface area is 127 Å². The van der Waals surface area contributed by atoms with Crippen molar-refractivity contribution in [2.24, 2.45) is 0 Å². The third kappa shape index (κ3) is 5.46. The van der Waals surface area contributed by atoms with Crippen LogP contribution < -0.4 is 0 Å². The molecular formula is C13H18BrF2NO2S. The van der Waals surface area contributed by atoms with E-state index in [1.54, 1.807) is 6.92 Å². The van der Waals surface area contributed by atoms with Crippen LogP contribution in [0.25, 0.3) is 0 Å². The highest BCUT2D eigenvalue weighted by molar-refractivity contribution is 9.09. The molecular weight excluding hydrogens is 352 g/mol. The van der Waals surface area contributed by atoms with Crippen LogP contribution >= 0.6 is 15.9 Å². The van der Waals surface area contributed by atoms with E-state index in [1.807, 2.05) is 30.3 Å². The van der Waals surface area contributed by atoms with Crippen molar-refractivity contribution in [1.29, 1.82) is 0 Å². The van der Waals surface area contributed by atoms with Gasteiger partial charge in [-0.1, -0.05) is 53.2 Å². The van der Waals surface area contributed by atoms with Crippen LogP contribution in [0.15, 0.2) is 30.3 Å². The Morgan fingerprint density at radius 3 is 2.35 bits per heavy atom. The molecule has 7 heteroatoms. The number of hydrogen-bond acceptors (Lipinski definition) is 2. The van der Waals surface area contributed by atoms with Gasteiger partial charge in [0.15, 0.2) is 0 Å². The Morgan fingerprint density at radius 1 is 1.25 bits per heavy atom. The molecule has 0 spiro atoms. The van der Waals surface area contributed by atoms with Gasteiger partial charge >= 0.3 is 0 Å². The summed E-state index contributed by atoms with van der Waals surface area (Å²) in [4.78, 5) is 0. The van der Waals surface area contributed by atoms with E-state index in [0.717, 1.165) is 9.87 Å². The van der Waals surface area contributed by atoms with Gasteiger partial charge in [-0.3, -0.25) is 0 Å². The number of alkyl halides is 3. The van der Waals surface area contributed by atoms with E-state index in [-0.39, 0.29) is 18.2 Å². The zero-order chi connectivity index (χ0) is 15.2. The largest absolute Gasteiger partial charge is 0.252 e. The minimum Gasteiger partial charge on any atom is -0.212 e. The zero-order valence-corrected chi connectivity index (χ0v) is 13.6. The van der Waals surface area contributed by atoms with Crippen molar-refractivity contribution >= 4 is 26.0 Å². The van der Waals surface area contributed by atoms with E-state index < -0.39 is 23.0 Å². The minimum atomic E-state index is -3.70. The molecule has 0 aliphatic heterocycles. The van der Waals surface area contributed by atoms with Crippen molar-refractivity contribution in [2.45, 2.75) is 19.3 Å². The van der Waals surface area contributed by atoms with E-state index in [1.165, 1.54) is 0 Å². The van der Waals surface area contributed by atoms with Crippen molar-refractivity contribution in [3.05, 3.63) is 35.9 Å². The second-order valence-electron chi connectivity index (χ2n) is 4.53. The summed E-state index contributed by atoms with van der Waals surface area (Å²) in [5, 5.41) is 0.332. The fourth-order valence-corrected chi connectivity index (χ4v) is 4.30. The first kappa shape index (κ1) is 17.5. The molecule has 1 aromatic rings. The highest BCUT2D eigenvalue weighted by Crippen LogP contribution is 2.19. The number of benzene rings is 1. The highest BCUT2D eigenvalue weighted by atomic mass is 79.9. The molecule has 0 heterocycles. The maximum absolute atomic E-state index is 12.5. The predicted molar refractivity (Wildman–Crippen MR) is 80.0 cm³/mol. The molecule has 0 bridgehead atoms. The van der Waals surface area contributed by atoms with Crippen molar-refractivity contribution in [2.75, 3.05) is 24.2 Å². The first-order chi connectivity index (χ1) is 9.36. The van der Waals surface area contributed by atoms with Gasteiger partial charge in [-0.05, 0) is 11.5 Å². The molecule has 1 rings (SSSR count). The van der Waals surface area contributed by atoms with Crippen molar-refractivity contribution in [1.82, 2.24) is 4.31 Å². The van der Waals surface area contributed by atoms with Crippen molar-refractivity contribution in [3.8, 4) is 0 Å². The molecule has 1 atom stereocenters. The van der Waals surface area contributed by atoms with Crippen LogP contribution in [-0.4, -0.2) is 43.3 Å². The van der Waals surface area contributed by atoms with Crippen LogP contribution in [0, 0.1) is 0 Å². The van der Waals surface area contributed by atoms with Crippen LogP contribution in [0.5, 0.6) is 0 Å². The second kappa shape index (κ2) is 8.05. The van der Waals surface area contributed by atoms with Gasteiger partial charge in [-0.15, -0.1) is 0 Å². The summed E-state index contributed by atoms with van der Waals surface area (Å²) in [7, 11) is -3.70. The lowest BCUT2D eigenvalue weighted by Crippen LogP contribution is -2.39. The average molecular weight is 370 g/mol. The van der Waals surface area contributed by atoms with Gasteiger partial charge in [0.05, 0.1) is 12.3 Å². The van der Waals surface area contributed by atoms with Gasteiger partial charge in [0, 0.05) is 11.9 Å². The maximum atomic E-state index is 12.5. The predicted octanol–water partition coefficient (Wildman–Crippen LogP) is 3.08. The fourth-order valence-electron chi connectivity index (χ4n) is 1.89. The molecule has 0 aromatic heterocycles. The fraction of sp³-hybridized carbons (Fsp3) is 0.538. The third-order valence-electron chi connectivity index (χ3n) is 2.90.